The van der Waals surface area contributed by atoms with Crippen LogP contribution in [0.1, 0.15) is 34.3 Å². The molecule has 1 aliphatic rings. The second kappa shape index (κ2) is 4.73. The summed E-state index contributed by atoms with van der Waals surface area (Å²) in [6.07, 6.45) is 1.63. The van der Waals surface area contributed by atoms with Crippen molar-refractivity contribution >= 4 is 11.6 Å². The second-order valence-corrected chi connectivity index (χ2v) is 4.85. The minimum absolute atomic E-state index is 0.0660. The van der Waals surface area contributed by atoms with Crippen molar-refractivity contribution in [2.75, 3.05) is 0 Å². The fourth-order valence-electron chi connectivity index (χ4n) is 2.03. The van der Waals surface area contributed by atoms with Gasteiger partial charge in [0.1, 0.15) is 0 Å². The van der Waals surface area contributed by atoms with E-state index in [4.69, 9.17) is 5.26 Å². The Morgan fingerprint density at radius 2 is 2.00 bits per heavy atom. The van der Waals surface area contributed by atoms with Crippen molar-refractivity contribution in [1.29, 1.82) is 5.26 Å². The van der Waals surface area contributed by atoms with Gasteiger partial charge in [0.15, 0.2) is 17.5 Å². The summed E-state index contributed by atoms with van der Waals surface area (Å²) in [5, 5.41) is 9.07. The van der Waals surface area contributed by atoms with Gasteiger partial charge >= 0.3 is 0 Å². The van der Waals surface area contributed by atoms with Gasteiger partial charge < -0.3 is 0 Å². The summed E-state index contributed by atoms with van der Waals surface area (Å²) in [5.74, 6) is -1.75. The van der Waals surface area contributed by atoms with Gasteiger partial charge in [0.25, 0.3) is 0 Å². The Kier molecular flexibility index (Phi) is 3.29. The quantitative estimate of drug-likeness (QED) is 0.601. The van der Waals surface area contributed by atoms with Gasteiger partial charge in [-0.3, -0.25) is 9.59 Å². The number of hydrogen-bond donors (Lipinski definition) is 0. The van der Waals surface area contributed by atoms with Crippen LogP contribution in [0.5, 0.6) is 0 Å². The molecule has 0 aromatic heterocycles. The van der Waals surface area contributed by atoms with Crippen molar-refractivity contribution < 1.29 is 9.59 Å². The molecule has 18 heavy (non-hydrogen) atoms. The van der Waals surface area contributed by atoms with Crippen LogP contribution in [0.25, 0.3) is 0 Å². The van der Waals surface area contributed by atoms with E-state index in [-0.39, 0.29) is 17.5 Å². The van der Waals surface area contributed by atoms with Crippen LogP contribution in [-0.2, 0) is 4.79 Å². The summed E-state index contributed by atoms with van der Waals surface area (Å²) in [7, 11) is 0. The zero-order valence-corrected chi connectivity index (χ0v) is 10.6. The van der Waals surface area contributed by atoms with Crippen LogP contribution in [0.2, 0.25) is 0 Å². The van der Waals surface area contributed by atoms with Crippen molar-refractivity contribution in [3.05, 3.63) is 34.9 Å². The maximum Gasteiger partial charge on any atom is 0.187 e. The number of carbonyl (C=O) groups excluding carboxylic acids is 2. The van der Waals surface area contributed by atoms with Crippen molar-refractivity contribution in [2.45, 2.75) is 26.7 Å². The van der Waals surface area contributed by atoms with E-state index in [2.05, 4.69) is 0 Å². The normalized spacial score (nSPS) is 15.8. The lowest BCUT2D eigenvalue weighted by molar-refractivity contribution is -0.121. The monoisotopic (exact) mass is 241 g/mol. The summed E-state index contributed by atoms with van der Waals surface area (Å²) in [6.45, 7) is 3.76. The summed E-state index contributed by atoms with van der Waals surface area (Å²) in [6, 6.07) is 7.25. The maximum atomic E-state index is 12.3. The molecule has 1 atom stereocenters. The third-order valence-electron chi connectivity index (χ3n) is 3.53. The number of nitriles is 1. The molecule has 1 aromatic carbocycles. The predicted octanol–water partition coefficient (Wildman–Crippen LogP) is 2.61. The van der Waals surface area contributed by atoms with Gasteiger partial charge in [-0.25, -0.2) is 0 Å². The first kappa shape index (κ1) is 12.5. The molecule has 92 valence electrons. The Morgan fingerprint density at radius 1 is 1.33 bits per heavy atom. The summed E-state index contributed by atoms with van der Waals surface area (Å²) >= 11 is 0. The van der Waals surface area contributed by atoms with Gasteiger partial charge in [-0.1, -0.05) is 18.2 Å². The largest absolute Gasteiger partial charge is 0.297 e. The number of aryl methyl sites for hydroxylation is 1. The molecule has 3 heteroatoms. The number of rotatable bonds is 4. The molecule has 0 aliphatic heterocycles. The standard InChI is InChI=1S/C15H15NO2/c1-9-4-3-5-12(10(9)2)15(18)13(8-16)14(17)11-6-7-11/h3-5,11,13H,6-7H2,1-2H3. The highest BCUT2D eigenvalue weighted by atomic mass is 16.2. The smallest absolute Gasteiger partial charge is 0.187 e. The molecule has 1 fully saturated rings. The van der Waals surface area contributed by atoms with Crippen LogP contribution in [0, 0.1) is 37.0 Å². The average molecular weight is 241 g/mol. The number of ketones is 2. The van der Waals surface area contributed by atoms with E-state index in [0.717, 1.165) is 24.0 Å². The van der Waals surface area contributed by atoms with Gasteiger partial charge in [-0.15, -0.1) is 0 Å². The van der Waals surface area contributed by atoms with Crippen LogP contribution in [0.15, 0.2) is 18.2 Å². The van der Waals surface area contributed by atoms with E-state index in [1.807, 2.05) is 26.0 Å². The van der Waals surface area contributed by atoms with Crippen LogP contribution >= 0.6 is 0 Å². The van der Waals surface area contributed by atoms with E-state index in [1.165, 1.54) is 0 Å². The molecule has 1 saturated carbocycles. The van der Waals surface area contributed by atoms with E-state index in [0.29, 0.717) is 5.56 Å². The Labute approximate surface area is 106 Å². The summed E-state index contributed by atoms with van der Waals surface area (Å²) in [4.78, 5) is 24.2. The van der Waals surface area contributed by atoms with Crippen LogP contribution < -0.4 is 0 Å². The molecule has 0 amide bonds. The SMILES string of the molecule is Cc1cccc(C(=O)C(C#N)C(=O)C2CC2)c1C. The number of hydrogen-bond acceptors (Lipinski definition) is 3. The van der Waals surface area contributed by atoms with Gasteiger partial charge in [0.05, 0.1) is 6.07 Å². The van der Waals surface area contributed by atoms with Gasteiger partial charge in [0.2, 0.25) is 0 Å². The van der Waals surface area contributed by atoms with E-state index in [1.54, 1.807) is 12.1 Å². The zero-order chi connectivity index (χ0) is 13.3. The van der Waals surface area contributed by atoms with Gasteiger partial charge in [-0.05, 0) is 37.8 Å². The second-order valence-electron chi connectivity index (χ2n) is 4.85. The zero-order valence-electron chi connectivity index (χ0n) is 10.6. The van der Waals surface area contributed by atoms with Crippen molar-refractivity contribution in [3.63, 3.8) is 0 Å². The molecule has 1 aromatic rings. The summed E-state index contributed by atoms with van der Waals surface area (Å²) < 4.78 is 0. The molecule has 0 radical (unpaired) electrons. The molecular formula is C15H15NO2. The van der Waals surface area contributed by atoms with Crippen LogP contribution in [-0.4, -0.2) is 11.6 Å². The highest BCUT2D eigenvalue weighted by molar-refractivity contribution is 6.14. The molecule has 0 spiro atoms. The summed E-state index contributed by atoms with van der Waals surface area (Å²) in [5.41, 5.74) is 2.35. The lowest BCUT2D eigenvalue weighted by atomic mass is 9.89. The van der Waals surface area contributed by atoms with Gasteiger partial charge in [-0.2, -0.15) is 5.26 Å². The molecule has 2 rings (SSSR count). The molecule has 0 heterocycles. The number of Topliss-reactive ketones (excluding diaryl/α,β-unsaturated/α-hetero) is 2. The average Bonchev–Trinajstić information content (AvgIpc) is 3.17. The van der Waals surface area contributed by atoms with Crippen molar-refractivity contribution in [2.24, 2.45) is 11.8 Å². The Bertz CT molecular complexity index is 550. The fraction of sp³-hybridized carbons (Fsp3) is 0.400. The molecule has 0 N–H and O–H groups in total. The van der Waals surface area contributed by atoms with E-state index in [9.17, 15) is 9.59 Å². The van der Waals surface area contributed by atoms with Crippen molar-refractivity contribution in [3.8, 4) is 6.07 Å². The molecule has 0 saturated heterocycles. The number of benzene rings is 1. The van der Waals surface area contributed by atoms with E-state index >= 15 is 0 Å². The third-order valence-corrected chi connectivity index (χ3v) is 3.53. The predicted molar refractivity (Wildman–Crippen MR) is 67.1 cm³/mol. The Balaban J connectivity index is 2.32. The molecular weight excluding hydrogens is 226 g/mol. The number of nitrogens with zero attached hydrogens (tertiary/aromatic N) is 1. The fourth-order valence-corrected chi connectivity index (χ4v) is 2.03. The highest BCUT2D eigenvalue weighted by Crippen LogP contribution is 2.33. The minimum Gasteiger partial charge on any atom is -0.297 e. The lowest BCUT2D eigenvalue weighted by Gasteiger charge is -2.10. The van der Waals surface area contributed by atoms with Crippen LogP contribution in [0.4, 0.5) is 0 Å². The first-order valence-corrected chi connectivity index (χ1v) is 6.10. The first-order valence-electron chi connectivity index (χ1n) is 6.10. The first-order chi connectivity index (χ1) is 8.56. The lowest BCUT2D eigenvalue weighted by Crippen LogP contribution is -2.24. The number of carbonyl (C=O) groups is 2. The maximum absolute atomic E-state index is 12.3. The molecule has 0 bridgehead atoms. The molecule has 1 aliphatic carbocycles. The minimum atomic E-state index is -1.13. The Hall–Kier alpha value is -1.95. The van der Waals surface area contributed by atoms with Gasteiger partial charge in [0, 0.05) is 11.5 Å². The van der Waals surface area contributed by atoms with Crippen LogP contribution in [0.3, 0.4) is 0 Å². The molecule has 3 nitrogen and oxygen atoms in total. The van der Waals surface area contributed by atoms with E-state index < -0.39 is 5.92 Å². The Morgan fingerprint density at radius 3 is 2.56 bits per heavy atom. The third kappa shape index (κ3) is 2.19. The topological polar surface area (TPSA) is 57.9 Å². The highest BCUT2D eigenvalue weighted by Gasteiger charge is 2.38. The molecule has 1 unspecified atom stereocenters. The van der Waals surface area contributed by atoms with Crippen molar-refractivity contribution in [1.82, 2.24) is 0 Å².